The molecule has 10 nitrogen and oxygen atoms in total. The van der Waals surface area contributed by atoms with Gasteiger partial charge in [0.05, 0.1) is 18.2 Å². The number of halogens is 2. The lowest BCUT2D eigenvalue weighted by Gasteiger charge is -2.33. The van der Waals surface area contributed by atoms with Crippen LogP contribution in [0, 0.1) is 11.7 Å². The highest BCUT2D eigenvalue weighted by Crippen LogP contribution is 2.36. The quantitative estimate of drug-likeness (QED) is 0.370. The summed E-state index contributed by atoms with van der Waals surface area (Å²) < 4.78 is 21.6. The first kappa shape index (κ1) is 25.2. The third-order valence-corrected chi connectivity index (χ3v) is 6.47. The van der Waals surface area contributed by atoms with Gasteiger partial charge in [0.25, 0.3) is 5.88 Å². The van der Waals surface area contributed by atoms with Gasteiger partial charge in [-0.25, -0.2) is 28.5 Å². The van der Waals surface area contributed by atoms with E-state index in [1.165, 1.54) is 22.9 Å². The first-order valence-corrected chi connectivity index (χ1v) is 12.0. The normalized spacial score (nSPS) is 17.2. The summed E-state index contributed by atoms with van der Waals surface area (Å²) in [7, 11) is 0. The molecule has 1 fully saturated rings. The summed E-state index contributed by atoms with van der Waals surface area (Å²) in [5, 5.41) is 9.73. The molecule has 2 aromatic heterocycles. The standard InChI is InChI=1S/C26H21ClFN5O5/c27-17-5-3-15(4-6-17)14-32-24(31-25(36)33(26(32)37)19-12-16(13-19)23(34)35)30-18-7-9-20(10-8-18)38-22-21(28)2-1-11-29-22/h1-11,16,19H,12-14H2,(H,34,35)(H,30,31,36)/t16-,19+. The number of rotatable bonds is 7. The van der Waals surface area contributed by atoms with Gasteiger partial charge in [0.1, 0.15) is 5.75 Å². The lowest BCUT2D eigenvalue weighted by atomic mass is 9.80. The predicted octanol–water partition coefficient (Wildman–Crippen LogP) is 3.63. The number of ether oxygens (including phenoxy) is 1. The fourth-order valence-electron chi connectivity index (χ4n) is 4.13. The van der Waals surface area contributed by atoms with E-state index in [0.717, 1.165) is 10.1 Å². The predicted molar refractivity (Wildman–Crippen MR) is 135 cm³/mol. The number of aromatic amines is 1. The van der Waals surface area contributed by atoms with E-state index in [-0.39, 0.29) is 30.9 Å². The Bertz CT molecular complexity index is 1670. The molecule has 0 spiro atoms. The van der Waals surface area contributed by atoms with Gasteiger partial charge in [0, 0.05) is 17.3 Å². The van der Waals surface area contributed by atoms with E-state index >= 15 is 0 Å². The third-order valence-electron chi connectivity index (χ3n) is 6.22. The second-order valence-electron chi connectivity index (χ2n) is 8.78. The number of hydrogen-bond donors (Lipinski definition) is 2. The minimum absolute atomic E-state index is 0.00440. The van der Waals surface area contributed by atoms with Gasteiger partial charge >= 0.3 is 17.3 Å². The Hall–Kier alpha value is -4.51. The number of hydrogen-bond acceptors (Lipinski definition) is 6. The van der Waals surface area contributed by atoms with E-state index in [9.17, 15) is 23.9 Å². The van der Waals surface area contributed by atoms with Crippen LogP contribution in [0.3, 0.4) is 0 Å². The zero-order chi connectivity index (χ0) is 26.8. The van der Waals surface area contributed by atoms with Crippen LogP contribution in [-0.2, 0) is 11.3 Å². The number of carboxylic acids is 1. The molecular formula is C26H21ClFN5O5. The monoisotopic (exact) mass is 537 g/mol. The highest BCUT2D eigenvalue weighted by molar-refractivity contribution is 6.30. The molecule has 0 saturated heterocycles. The van der Waals surface area contributed by atoms with E-state index in [0.29, 0.717) is 16.5 Å². The van der Waals surface area contributed by atoms with Crippen LogP contribution in [0.25, 0.3) is 0 Å². The van der Waals surface area contributed by atoms with Gasteiger partial charge in [-0.05, 0) is 66.9 Å². The number of H-pyrrole nitrogens is 1. The number of aromatic nitrogens is 4. The van der Waals surface area contributed by atoms with Crippen LogP contribution >= 0.6 is 11.6 Å². The SMILES string of the molecule is O=c1[nH]/c(=N\c2ccc(Oc3ncccc3F)cc2)n(Cc2ccc(Cl)cc2)c(=O)n1[C@H]1C[C@@H](C(=O)O)C1. The first-order chi connectivity index (χ1) is 18.3. The van der Waals surface area contributed by atoms with Crippen LogP contribution in [-0.4, -0.2) is 30.2 Å². The summed E-state index contributed by atoms with van der Waals surface area (Å²) in [5.41, 5.74) is -0.150. The summed E-state index contributed by atoms with van der Waals surface area (Å²) in [5.74, 6) is -2.02. The molecule has 1 aliphatic rings. The molecule has 12 heteroatoms. The number of benzene rings is 2. The maximum absolute atomic E-state index is 13.8. The molecule has 5 rings (SSSR count). The smallest absolute Gasteiger partial charge is 0.335 e. The third kappa shape index (κ3) is 5.28. The minimum Gasteiger partial charge on any atom is -0.481 e. The molecule has 4 aromatic rings. The van der Waals surface area contributed by atoms with Gasteiger partial charge in [-0.1, -0.05) is 23.7 Å². The second-order valence-corrected chi connectivity index (χ2v) is 9.21. The summed E-state index contributed by atoms with van der Waals surface area (Å²) in [4.78, 5) is 48.6. The fourth-order valence-corrected chi connectivity index (χ4v) is 4.25. The largest absolute Gasteiger partial charge is 0.481 e. The van der Waals surface area contributed by atoms with Crippen molar-refractivity contribution in [1.29, 1.82) is 0 Å². The Balaban J connectivity index is 1.52. The second kappa shape index (κ2) is 10.5. The Morgan fingerprint density at radius 3 is 2.50 bits per heavy atom. The van der Waals surface area contributed by atoms with Crippen LogP contribution in [0.4, 0.5) is 10.1 Å². The molecule has 38 heavy (non-hydrogen) atoms. The zero-order valence-corrected chi connectivity index (χ0v) is 20.5. The van der Waals surface area contributed by atoms with Crippen molar-refractivity contribution in [1.82, 2.24) is 19.1 Å². The summed E-state index contributed by atoms with van der Waals surface area (Å²) in [6.45, 7) is 0.0842. The molecule has 2 aromatic carbocycles. The zero-order valence-electron chi connectivity index (χ0n) is 19.8. The Morgan fingerprint density at radius 2 is 1.84 bits per heavy atom. The molecule has 0 amide bonds. The molecule has 1 saturated carbocycles. The Kier molecular flexibility index (Phi) is 6.93. The summed E-state index contributed by atoms with van der Waals surface area (Å²) in [6, 6.07) is 15.3. The highest BCUT2D eigenvalue weighted by atomic mass is 35.5. The van der Waals surface area contributed by atoms with Crippen LogP contribution < -0.4 is 21.7 Å². The number of nitrogens with one attached hydrogen (secondary N) is 1. The topological polar surface area (TPSA) is 132 Å². The number of nitrogens with zero attached hydrogens (tertiary/aromatic N) is 4. The maximum atomic E-state index is 13.8. The molecule has 2 heterocycles. The van der Waals surface area contributed by atoms with Crippen molar-refractivity contribution in [3.05, 3.63) is 110 Å². The van der Waals surface area contributed by atoms with Gasteiger partial charge in [-0.3, -0.25) is 14.3 Å². The molecule has 0 aliphatic heterocycles. The Labute approximate surface area is 219 Å². The fraction of sp³-hybridized carbons (Fsp3) is 0.192. The number of pyridine rings is 1. The van der Waals surface area contributed by atoms with Crippen molar-refractivity contribution in [3.8, 4) is 11.6 Å². The van der Waals surface area contributed by atoms with Crippen molar-refractivity contribution in [2.45, 2.75) is 25.4 Å². The van der Waals surface area contributed by atoms with Gasteiger partial charge in [0.15, 0.2) is 5.82 Å². The van der Waals surface area contributed by atoms with Crippen LogP contribution in [0.15, 0.2) is 81.4 Å². The van der Waals surface area contributed by atoms with E-state index in [1.54, 1.807) is 48.5 Å². The minimum atomic E-state index is -0.954. The van der Waals surface area contributed by atoms with Crippen LogP contribution in [0.2, 0.25) is 5.02 Å². The molecular weight excluding hydrogens is 517 g/mol. The molecule has 0 atom stereocenters. The number of carbonyl (C=O) groups is 1. The average molecular weight is 538 g/mol. The van der Waals surface area contributed by atoms with Crippen molar-refractivity contribution in [2.24, 2.45) is 10.9 Å². The van der Waals surface area contributed by atoms with E-state index < -0.39 is 35.1 Å². The van der Waals surface area contributed by atoms with Crippen molar-refractivity contribution in [2.75, 3.05) is 0 Å². The van der Waals surface area contributed by atoms with Gasteiger partial charge in [-0.15, -0.1) is 0 Å². The molecule has 0 unspecified atom stereocenters. The van der Waals surface area contributed by atoms with Gasteiger partial charge in [-0.2, -0.15) is 0 Å². The lowest BCUT2D eigenvalue weighted by molar-refractivity contribution is -0.146. The highest BCUT2D eigenvalue weighted by Gasteiger charge is 2.37. The molecule has 0 bridgehead atoms. The van der Waals surface area contributed by atoms with E-state index in [4.69, 9.17) is 16.3 Å². The molecule has 194 valence electrons. The Morgan fingerprint density at radius 1 is 1.13 bits per heavy atom. The molecule has 0 radical (unpaired) electrons. The first-order valence-electron chi connectivity index (χ1n) is 11.6. The van der Waals surface area contributed by atoms with Gasteiger partial charge in [0.2, 0.25) is 5.62 Å². The lowest BCUT2D eigenvalue weighted by Crippen LogP contribution is -2.53. The summed E-state index contributed by atoms with van der Waals surface area (Å²) >= 11 is 5.99. The maximum Gasteiger partial charge on any atom is 0.335 e. The van der Waals surface area contributed by atoms with Crippen molar-refractivity contribution in [3.63, 3.8) is 0 Å². The summed E-state index contributed by atoms with van der Waals surface area (Å²) in [6.07, 6.45) is 1.79. The average Bonchev–Trinajstić information content (AvgIpc) is 2.86. The number of carboxylic acid groups (broad SMARTS) is 1. The van der Waals surface area contributed by atoms with E-state index in [1.807, 2.05) is 0 Å². The van der Waals surface area contributed by atoms with E-state index in [2.05, 4.69) is 15.0 Å². The van der Waals surface area contributed by atoms with Crippen LogP contribution in [0.1, 0.15) is 24.4 Å². The molecule has 1 aliphatic carbocycles. The van der Waals surface area contributed by atoms with Crippen molar-refractivity contribution >= 4 is 23.3 Å². The number of aliphatic carboxylic acids is 1. The van der Waals surface area contributed by atoms with Crippen molar-refractivity contribution < 1.29 is 19.0 Å². The van der Waals surface area contributed by atoms with Gasteiger partial charge < -0.3 is 9.84 Å². The molecule has 2 N–H and O–H groups in total. The van der Waals surface area contributed by atoms with Crippen LogP contribution in [0.5, 0.6) is 11.6 Å².